The summed E-state index contributed by atoms with van der Waals surface area (Å²) in [6.45, 7) is 12.2. The molecule has 43 heavy (non-hydrogen) atoms. The Hall–Kier alpha value is -4.34. The molecule has 0 saturated carbocycles. The maximum atomic E-state index is 12.8. The lowest BCUT2D eigenvalue weighted by Crippen LogP contribution is -2.48. The predicted molar refractivity (Wildman–Crippen MR) is 169 cm³/mol. The highest BCUT2D eigenvalue weighted by atomic mass is 16.6. The largest absolute Gasteiger partial charge is 0.493 e. The molecule has 1 aliphatic rings. The van der Waals surface area contributed by atoms with Crippen LogP contribution in [-0.2, 0) is 20.9 Å². The first-order valence-electron chi connectivity index (χ1n) is 14.4. The van der Waals surface area contributed by atoms with E-state index in [0.717, 1.165) is 43.2 Å². The summed E-state index contributed by atoms with van der Waals surface area (Å²) in [5.41, 5.74) is 3.18. The van der Waals surface area contributed by atoms with Crippen molar-refractivity contribution >= 4 is 29.3 Å². The van der Waals surface area contributed by atoms with E-state index in [1.807, 2.05) is 36.4 Å². The van der Waals surface area contributed by atoms with E-state index in [1.54, 1.807) is 24.3 Å². The van der Waals surface area contributed by atoms with Gasteiger partial charge in [-0.15, -0.1) is 0 Å². The van der Waals surface area contributed by atoms with Gasteiger partial charge in [-0.1, -0.05) is 30.3 Å². The minimum Gasteiger partial charge on any atom is -0.493 e. The van der Waals surface area contributed by atoms with E-state index in [4.69, 9.17) is 18.9 Å². The van der Waals surface area contributed by atoms with Crippen LogP contribution in [0, 0.1) is 0 Å². The number of methoxy groups -OCH3 is 1. The number of benzene rings is 3. The average Bonchev–Trinajstić information content (AvgIpc) is 2.98. The molecule has 1 N–H and O–H groups in total. The molecule has 9 heteroatoms. The Kier molecular flexibility index (Phi) is 10.8. The van der Waals surface area contributed by atoms with Crippen molar-refractivity contribution in [1.29, 1.82) is 0 Å². The first-order chi connectivity index (χ1) is 20.6. The van der Waals surface area contributed by atoms with Gasteiger partial charge in [0.1, 0.15) is 12.4 Å². The maximum absolute atomic E-state index is 12.8. The second-order valence-corrected chi connectivity index (χ2v) is 11.3. The molecule has 0 spiro atoms. The number of esters is 1. The van der Waals surface area contributed by atoms with Crippen molar-refractivity contribution in [1.82, 2.24) is 4.90 Å². The smallest absolute Gasteiger partial charge is 0.308 e. The number of hydrogen-bond donors (Lipinski definition) is 1. The van der Waals surface area contributed by atoms with Gasteiger partial charge in [0.15, 0.2) is 11.5 Å². The van der Waals surface area contributed by atoms with Crippen LogP contribution in [-0.4, -0.2) is 62.4 Å². The topological polar surface area (TPSA) is 89.6 Å². The van der Waals surface area contributed by atoms with Gasteiger partial charge in [-0.25, -0.2) is 0 Å². The third-order valence-electron chi connectivity index (χ3n) is 6.77. The van der Waals surface area contributed by atoms with Gasteiger partial charge in [0, 0.05) is 62.2 Å². The number of para-hydroxylation sites is 1. The Morgan fingerprint density at radius 1 is 0.930 bits per heavy atom. The zero-order valence-corrected chi connectivity index (χ0v) is 25.6. The van der Waals surface area contributed by atoms with Gasteiger partial charge < -0.3 is 29.2 Å². The minimum absolute atomic E-state index is 0.143. The summed E-state index contributed by atoms with van der Waals surface area (Å²) in [7, 11) is 1.50. The monoisotopic (exact) mass is 587 g/mol. The van der Waals surface area contributed by atoms with Crippen LogP contribution in [0.2, 0.25) is 0 Å². The first-order valence-corrected chi connectivity index (χ1v) is 14.4. The summed E-state index contributed by atoms with van der Waals surface area (Å²) in [5, 5.41) is 2.93. The summed E-state index contributed by atoms with van der Waals surface area (Å²) >= 11 is 0. The third-order valence-corrected chi connectivity index (χ3v) is 6.77. The highest BCUT2D eigenvalue weighted by Gasteiger charge is 2.20. The first kappa shape index (κ1) is 31.6. The van der Waals surface area contributed by atoms with Gasteiger partial charge in [0.2, 0.25) is 5.91 Å². The Labute approximate surface area is 254 Å². The molecule has 3 aromatic rings. The number of carbonyl (C=O) groups is 2. The molecule has 0 atom stereocenters. The predicted octanol–water partition coefficient (Wildman–Crippen LogP) is 5.75. The van der Waals surface area contributed by atoms with Crippen LogP contribution in [0.25, 0.3) is 6.08 Å². The van der Waals surface area contributed by atoms with Crippen LogP contribution in [0.3, 0.4) is 0 Å². The van der Waals surface area contributed by atoms with Crippen LogP contribution in [0.5, 0.6) is 17.2 Å². The number of anilines is 2. The Balaban J connectivity index is 1.33. The fourth-order valence-electron chi connectivity index (χ4n) is 4.50. The third kappa shape index (κ3) is 9.87. The van der Waals surface area contributed by atoms with Crippen LogP contribution in [0.15, 0.2) is 72.8 Å². The van der Waals surface area contributed by atoms with Crippen LogP contribution >= 0.6 is 0 Å². The summed E-state index contributed by atoms with van der Waals surface area (Å²) in [6, 6.07) is 20.8. The van der Waals surface area contributed by atoms with Gasteiger partial charge in [-0.2, -0.15) is 0 Å². The molecule has 1 saturated heterocycles. The number of ether oxygens (including phenoxy) is 4. The van der Waals surface area contributed by atoms with Crippen LogP contribution in [0.1, 0.15) is 38.8 Å². The van der Waals surface area contributed by atoms with E-state index in [0.29, 0.717) is 30.3 Å². The quantitative estimate of drug-likeness (QED) is 0.173. The number of piperazine rings is 1. The van der Waals surface area contributed by atoms with Gasteiger partial charge in [0.25, 0.3) is 0 Å². The highest BCUT2D eigenvalue weighted by molar-refractivity contribution is 6.02. The normalized spacial score (nSPS) is 14.0. The lowest BCUT2D eigenvalue weighted by atomic mass is 10.1. The number of nitrogens with one attached hydrogen (secondary N) is 1. The molecule has 228 valence electrons. The molecule has 0 aromatic heterocycles. The van der Waals surface area contributed by atoms with Crippen LogP contribution < -0.4 is 24.4 Å². The van der Waals surface area contributed by atoms with E-state index < -0.39 is 5.97 Å². The van der Waals surface area contributed by atoms with Gasteiger partial charge in [-0.05, 0) is 62.7 Å². The van der Waals surface area contributed by atoms with Crippen LogP contribution in [0.4, 0.5) is 11.4 Å². The zero-order chi connectivity index (χ0) is 30.8. The minimum atomic E-state index is -0.455. The van der Waals surface area contributed by atoms with E-state index in [2.05, 4.69) is 48.0 Å². The van der Waals surface area contributed by atoms with Gasteiger partial charge in [0.05, 0.1) is 19.4 Å². The molecule has 0 unspecified atom stereocenters. The Bertz CT molecular complexity index is 1420. The highest BCUT2D eigenvalue weighted by Crippen LogP contribution is 2.29. The molecular formula is C34H41N3O6. The summed E-state index contributed by atoms with van der Waals surface area (Å²) in [6.07, 6.45) is 3.07. The second-order valence-electron chi connectivity index (χ2n) is 11.3. The molecular weight excluding hydrogens is 546 g/mol. The molecule has 0 radical (unpaired) electrons. The van der Waals surface area contributed by atoms with Crippen molar-refractivity contribution in [3.05, 3.63) is 83.9 Å². The van der Waals surface area contributed by atoms with Crippen molar-refractivity contribution in [2.75, 3.05) is 50.2 Å². The fraction of sp³-hybridized carbons (Fsp3) is 0.353. The summed E-state index contributed by atoms with van der Waals surface area (Å²) in [5.74, 6) is 0.729. The molecule has 0 aliphatic carbocycles. The maximum Gasteiger partial charge on any atom is 0.308 e. The number of carbonyl (C=O) groups excluding carboxylic acids is 2. The number of hydrogen-bond acceptors (Lipinski definition) is 8. The van der Waals surface area contributed by atoms with Crippen molar-refractivity contribution < 1.29 is 28.5 Å². The Morgan fingerprint density at radius 2 is 1.70 bits per heavy atom. The van der Waals surface area contributed by atoms with Crippen molar-refractivity contribution in [3.8, 4) is 17.2 Å². The molecule has 1 amide bonds. The zero-order valence-electron chi connectivity index (χ0n) is 25.6. The molecule has 1 aliphatic heterocycles. The van der Waals surface area contributed by atoms with Crippen molar-refractivity contribution in [2.24, 2.45) is 0 Å². The number of nitrogens with zero attached hydrogens (tertiary/aromatic N) is 2. The number of rotatable bonds is 11. The Morgan fingerprint density at radius 3 is 2.42 bits per heavy atom. The fourth-order valence-corrected chi connectivity index (χ4v) is 4.50. The lowest BCUT2D eigenvalue weighted by molar-refractivity contribution is -0.132. The second kappa shape index (κ2) is 14.7. The summed E-state index contributed by atoms with van der Waals surface area (Å²) in [4.78, 5) is 28.9. The molecule has 9 nitrogen and oxygen atoms in total. The summed E-state index contributed by atoms with van der Waals surface area (Å²) < 4.78 is 22.5. The molecule has 3 aromatic carbocycles. The number of amides is 1. The molecule has 0 bridgehead atoms. The van der Waals surface area contributed by atoms with E-state index in [-0.39, 0.29) is 17.3 Å². The van der Waals surface area contributed by atoms with Gasteiger partial charge in [-0.3, -0.25) is 14.5 Å². The average molecular weight is 588 g/mol. The molecule has 4 rings (SSSR count). The standard InChI is InChI=1S/C34H41N3O6/c1-25(38)43-32-21-26(13-15-31(32)40-5)14-16-33(39)35-30-12-7-6-9-27(30)23-41-29-11-8-10-28(22-29)37-19-17-36(18-20-37)24-42-34(2,3)4/h6-16,21-22H,17-20,23-24H2,1-5H3,(H,35,39). The lowest BCUT2D eigenvalue weighted by Gasteiger charge is -2.37. The molecule has 1 heterocycles. The van der Waals surface area contributed by atoms with E-state index in [1.165, 1.54) is 20.1 Å². The van der Waals surface area contributed by atoms with E-state index in [9.17, 15) is 9.59 Å². The SMILES string of the molecule is COc1ccc(C=CC(=O)Nc2ccccc2COc2cccc(N3CCN(COC(C)(C)C)CC3)c2)cc1OC(C)=O. The van der Waals surface area contributed by atoms with E-state index >= 15 is 0 Å². The van der Waals surface area contributed by atoms with Crippen molar-refractivity contribution in [2.45, 2.75) is 39.9 Å². The van der Waals surface area contributed by atoms with Crippen molar-refractivity contribution in [3.63, 3.8) is 0 Å². The molecule has 1 fully saturated rings. The van der Waals surface area contributed by atoms with Gasteiger partial charge >= 0.3 is 5.97 Å².